The summed E-state index contributed by atoms with van der Waals surface area (Å²) in [6, 6.07) is 23.2. The van der Waals surface area contributed by atoms with Crippen molar-refractivity contribution in [1.82, 2.24) is 0 Å². The molecule has 0 aliphatic carbocycles. The first-order valence-electron chi connectivity index (χ1n) is 9.26. The Balaban J connectivity index is 1.33. The molecule has 5 heteroatoms. The van der Waals surface area contributed by atoms with E-state index in [0.717, 1.165) is 17.5 Å². The summed E-state index contributed by atoms with van der Waals surface area (Å²) >= 11 is 0. The van der Waals surface area contributed by atoms with Crippen molar-refractivity contribution in [3.05, 3.63) is 72.8 Å². The highest BCUT2D eigenvalue weighted by molar-refractivity contribution is 5.92. The molecular formula is C23H21NO4. The summed E-state index contributed by atoms with van der Waals surface area (Å²) < 4.78 is 16.8. The molecular weight excluding hydrogens is 354 g/mol. The van der Waals surface area contributed by atoms with Crippen LogP contribution in [0.3, 0.4) is 0 Å². The maximum absolute atomic E-state index is 12.2. The van der Waals surface area contributed by atoms with Gasteiger partial charge >= 0.3 is 0 Å². The van der Waals surface area contributed by atoms with E-state index in [4.69, 9.17) is 14.2 Å². The van der Waals surface area contributed by atoms with E-state index in [1.807, 2.05) is 42.5 Å². The fourth-order valence-electron chi connectivity index (χ4n) is 2.96. The molecule has 5 nitrogen and oxygen atoms in total. The van der Waals surface area contributed by atoms with Crippen LogP contribution in [-0.4, -0.2) is 25.7 Å². The third-order valence-electron chi connectivity index (χ3n) is 4.36. The van der Waals surface area contributed by atoms with Crippen LogP contribution in [0.2, 0.25) is 0 Å². The second-order valence-corrected chi connectivity index (χ2v) is 6.44. The molecule has 0 spiro atoms. The van der Waals surface area contributed by atoms with Crippen LogP contribution in [0.4, 0.5) is 5.69 Å². The highest BCUT2D eigenvalue weighted by atomic mass is 16.5. The molecule has 3 aromatic carbocycles. The lowest BCUT2D eigenvalue weighted by atomic mass is 10.1. The Morgan fingerprint density at radius 3 is 2.36 bits per heavy atom. The van der Waals surface area contributed by atoms with E-state index in [-0.39, 0.29) is 12.5 Å². The number of ether oxygens (including phenoxy) is 3. The Bertz CT molecular complexity index is 939. The van der Waals surface area contributed by atoms with Crippen molar-refractivity contribution in [3.8, 4) is 28.4 Å². The minimum Gasteiger partial charge on any atom is -0.490 e. The predicted molar refractivity (Wildman–Crippen MR) is 108 cm³/mol. The number of amides is 1. The molecule has 28 heavy (non-hydrogen) atoms. The maximum Gasteiger partial charge on any atom is 0.262 e. The molecule has 0 unspecified atom stereocenters. The van der Waals surface area contributed by atoms with Crippen LogP contribution in [0.15, 0.2) is 72.8 Å². The highest BCUT2D eigenvalue weighted by Gasteiger charge is 2.12. The molecule has 0 aromatic heterocycles. The summed E-state index contributed by atoms with van der Waals surface area (Å²) in [5.74, 6) is 1.76. The van der Waals surface area contributed by atoms with Crippen LogP contribution >= 0.6 is 0 Å². The van der Waals surface area contributed by atoms with Gasteiger partial charge in [0.1, 0.15) is 5.75 Å². The van der Waals surface area contributed by atoms with E-state index >= 15 is 0 Å². The summed E-state index contributed by atoms with van der Waals surface area (Å²) in [5, 5.41) is 2.82. The molecule has 1 heterocycles. The summed E-state index contributed by atoms with van der Waals surface area (Å²) in [5.41, 5.74) is 2.89. The summed E-state index contributed by atoms with van der Waals surface area (Å²) in [4.78, 5) is 12.2. The number of carbonyl (C=O) groups excluding carboxylic acids is 1. The van der Waals surface area contributed by atoms with Crippen molar-refractivity contribution in [1.29, 1.82) is 0 Å². The Labute approximate surface area is 163 Å². The SMILES string of the molecule is O=C(COc1ccc(-c2ccccc2)cc1)Nc1ccc2c(c1)OCCCO2. The lowest BCUT2D eigenvalue weighted by Gasteiger charge is -2.11. The molecule has 1 aliphatic heterocycles. The van der Waals surface area contributed by atoms with Crippen molar-refractivity contribution in [2.24, 2.45) is 0 Å². The lowest BCUT2D eigenvalue weighted by Crippen LogP contribution is -2.20. The molecule has 142 valence electrons. The molecule has 0 atom stereocenters. The van der Waals surface area contributed by atoms with Crippen LogP contribution in [-0.2, 0) is 4.79 Å². The van der Waals surface area contributed by atoms with Crippen LogP contribution in [0.5, 0.6) is 17.2 Å². The molecule has 0 saturated carbocycles. The molecule has 1 amide bonds. The minimum absolute atomic E-state index is 0.0703. The average Bonchev–Trinajstić information content (AvgIpc) is 2.98. The number of anilines is 1. The molecule has 0 radical (unpaired) electrons. The zero-order valence-electron chi connectivity index (χ0n) is 15.4. The Kier molecular flexibility index (Phi) is 5.43. The van der Waals surface area contributed by atoms with Gasteiger partial charge in [0, 0.05) is 18.2 Å². The predicted octanol–water partition coefficient (Wildman–Crippen LogP) is 4.53. The van der Waals surface area contributed by atoms with Gasteiger partial charge in [0.15, 0.2) is 18.1 Å². The van der Waals surface area contributed by atoms with E-state index in [9.17, 15) is 4.79 Å². The van der Waals surface area contributed by atoms with Crippen molar-refractivity contribution >= 4 is 11.6 Å². The fraction of sp³-hybridized carbons (Fsp3) is 0.174. The largest absolute Gasteiger partial charge is 0.490 e. The van der Waals surface area contributed by atoms with E-state index in [0.29, 0.717) is 36.1 Å². The number of hydrogen-bond donors (Lipinski definition) is 1. The number of rotatable bonds is 5. The zero-order valence-corrected chi connectivity index (χ0v) is 15.4. The van der Waals surface area contributed by atoms with Crippen molar-refractivity contribution in [2.75, 3.05) is 25.1 Å². The zero-order chi connectivity index (χ0) is 19.2. The van der Waals surface area contributed by atoms with E-state index in [1.54, 1.807) is 18.2 Å². The molecule has 0 fully saturated rings. The van der Waals surface area contributed by atoms with Gasteiger partial charge in [-0.3, -0.25) is 4.79 Å². The average molecular weight is 375 g/mol. The lowest BCUT2D eigenvalue weighted by molar-refractivity contribution is -0.118. The topological polar surface area (TPSA) is 56.8 Å². The first-order valence-corrected chi connectivity index (χ1v) is 9.26. The van der Waals surface area contributed by atoms with Crippen molar-refractivity contribution in [3.63, 3.8) is 0 Å². The van der Waals surface area contributed by atoms with Gasteiger partial charge < -0.3 is 19.5 Å². The van der Waals surface area contributed by atoms with E-state index < -0.39 is 0 Å². The molecule has 0 bridgehead atoms. The van der Waals surface area contributed by atoms with Crippen LogP contribution in [0, 0.1) is 0 Å². The third-order valence-corrected chi connectivity index (χ3v) is 4.36. The monoisotopic (exact) mass is 375 g/mol. The van der Waals surface area contributed by atoms with Gasteiger partial charge in [-0.2, -0.15) is 0 Å². The first kappa shape index (κ1) is 17.9. The quantitative estimate of drug-likeness (QED) is 0.712. The van der Waals surface area contributed by atoms with E-state index in [1.165, 1.54) is 0 Å². The number of hydrogen-bond acceptors (Lipinski definition) is 4. The number of carbonyl (C=O) groups is 1. The standard InChI is InChI=1S/C23H21NO4/c25-23(24-19-9-12-21-22(15-19)27-14-4-13-26-21)16-28-20-10-7-18(8-11-20)17-5-2-1-3-6-17/h1-3,5-12,15H,4,13-14,16H2,(H,24,25). The molecule has 0 saturated heterocycles. The second kappa shape index (κ2) is 8.48. The number of nitrogens with one attached hydrogen (secondary N) is 1. The molecule has 1 aliphatic rings. The summed E-state index contributed by atoms with van der Waals surface area (Å²) in [6.45, 7) is 1.17. The van der Waals surface area contributed by atoms with Gasteiger partial charge in [-0.25, -0.2) is 0 Å². The van der Waals surface area contributed by atoms with Gasteiger partial charge in [0.2, 0.25) is 0 Å². The minimum atomic E-state index is -0.235. The van der Waals surface area contributed by atoms with Gasteiger partial charge in [-0.1, -0.05) is 42.5 Å². The van der Waals surface area contributed by atoms with Gasteiger partial charge in [-0.05, 0) is 35.4 Å². The van der Waals surface area contributed by atoms with Gasteiger partial charge in [0.25, 0.3) is 5.91 Å². The highest BCUT2D eigenvalue weighted by Crippen LogP contribution is 2.32. The Morgan fingerprint density at radius 2 is 1.57 bits per heavy atom. The first-order chi connectivity index (χ1) is 13.8. The van der Waals surface area contributed by atoms with Crippen molar-refractivity contribution in [2.45, 2.75) is 6.42 Å². The van der Waals surface area contributed by atoms with Crippen LogP contribution in [0.1, 0.15) is 6.42 Å². The normalized spacial score (nSPS) is 12.7. The van der Waals surface area contributed by atoms with Crippen LogP contribution in [0.25, 0.3) is 11.1 Å². The molecule has 1 N–H and O–H groups in total. The maximum atomic E-state index is 12.2. The van der Waals surface area contributed by atoms with Crippen molar-refractivity contribution < 1.29 is 19.0 Å². The van der Waals surface area contributed by atoms with Gasteiger partial charge in [0.05, 0.1) is 13.2 Å². The Hall–Kier alpha value is -3.47. The Morgan fingerprint density at radius 1 is 0.857 bits per heavy atom. The fourth-order valence-corrected chi connectivity index (χ4v) is 2.96. The van der Waals surface area contributed by atoms with Gasteiger partial charge in [-0.15, -0.1) is 0 Å². The second-order valence-electron chi connectivity index (χ2n) is 6.44. The number of fused-ring (bicyclic) bond motifs is 1. The third kappa shape index (κ3) is 4.43. The van der Waals surface area contributed by atoms with E-state index in [2.05, 4.69) is 17.4 Å². The summed E-state index contributed by atoms with van der Waals surface area (Å²) in [6.07, 6.45) is 0.841. The van der Waals surface area contributed by atoms with Crippen LogP contribution < -0.4 is 19.5 Å². The smallest absolute Gasteiger partial charge is 0.262 e. The molecule has 4 rings (SSSR count). The number of benzene rings is 3. The molecule has 3 aromatic rings. The summed E-state index contributed by atoms with van der Waals surface area (Å²) in [7, 11) is 0.